The van der Waals surface area contributed by atoms with Crippen molar-refractivity contribution >= 4 is 0 Å². The van der Waals surface area contributed by atoms with E-state index in [1.165, 1.54) is 7.05 Å². The Kier molecular flexibility index (Phi) is 2.07. The van der Waals surface area contributed by atoms with E-state index in [4.69, 9.17) is 4.52 Å². The summed E-state index contributed by atoms with van der Waals surface area (Å²) in [5.41, 5.74) is 1.06. The molecule has 0 fully saturated rings. The topological polar surface area (TPSA) is 57.1 Å². The van der Waals surface area contributed by atoms with Crippen LogP contribution >= 0.6 is 0 Å². The van der Waals surface area contributed by atoms with Gasteiger partial charge in [-0.25, -0.2) is 14.2 Å². The molecule has 15 heavy (non-hydrogen) atoms. The number of rotatable bonds is 1. The Morgan fingerprint density at radius 1 is 1.27 bits per heavy atom. The van der Waals surface area contributed by atoms with Gasteiger partial charge in [0.05, 0.1) is 5.69 Å². The molecule has 0 unspecified atom stereocenters. The molecule has 0 amide bonds. The van der Waals surface area contributed by atoms with Crippen LogP contribution in [-0.2, 0) is 7.05 Å². The van der Waals surface area contributed by atoms with Crippen LogP contribution in [0.5, 0.6) is 0 Å². The minimum atomic E-state index is -0.665. The molecule has 0 N–H and O–H groups in total. The number of hydrogen-bond donors (Lipinski definition) is 0. The minimum absolute atomic E-state index is 0.481. The van der Waals surface area contributed by atoms with Crippen LogP contribution in [0, 0.1) is 6.92 Å². The average molecular weight is 206 g/mol. The zero-order valence-electron chi connectivity index (χ0n) is 8.43. The van der Waals surface area contributed by atoms with Crippen molar-refractivity contribution in [1.29, 1.82) is 0 Å². The van der Waals surface area contributed by atoms with Crippen molar-refractivity contribution < 1.29 is 4.52 Å². The number of aromatic nitrogens is 2. The smallest absolute Gasteiger partial charge is 0.312 e. The molecular formula is C10H10N2O3. The normalized spacial score (nSPS) is 10.5. The van der Waals surface area contributed by atoms with Crippen LogP contribution in [0.4, 0.5) is 0 Å². The summed E-state index contributed by atoms with van der Waals surface area (Å²) in [6, 6.07) is 7.17. The molecule has 0 saturated carbocycles. The Morgan fingerprint density at radius 2 is 2.00 bits per heavy atom. The van der Waals surface area contributed by atoms with E-state index in [2.05, 4.69) is 0 Å². The van der Waals surface area contributed by atoms with Gasteiger partial charge in [0, 0.05) is 7.05 Å². The van der Waals surface area contributed by atoms with Crippen molar-refractivity contribution in [3.8, 4) is 5.69 Å². The molecule has 0 aliphatic heterocycles. The second-order valence-corrected chi connectivity index (χ2v) is 3.33. The maximum absolute atomic E-state index is 11.5. The highest BCUT2D eigenvalue weighted by molar-refractivity contribution is 5.33. The zero-order valence-corrected chi connectivity index (χ0v) is 8.43. The highest BCUT2D eigenvalue weighted by atomic mass is 16.5. The first-order chi connectivity index (χ1) is 7.09. The Bertz CT molecular complexity index is 604. The maximum atomic E-state index is 11.5. The number of aryl methyl sites for hydroxylation is 1. The quantitative estimate of drug-likeness (QED) is 0.680. The van der Waals surface area contributed by atoms with Gasteiger partial charge in [-0.05, 0) is 24.6 Å². The van der Waals surface area contributed by atoms with Crippen molar-refractivity contribution in [2.45, 2.75) is 6.92 Å². The predicted molar refractivity (Wildman–Crippen MR) is 54.3 cm³/mol. The molecule has 1 heterocycles. The molecule has 0 aliphatic carbocycles. The van der Waals surface area contributed by atoms with E-state index in [9.17, 15) is 9.59 Å². The molecule has 0 radical (unpaired) electrons. The summed E-state index contributed by atoms with van der Waals surface area (Å²) in [6.07, 6.45) is 0. The lowest BCUT2D eigenvalue weighted by Gasteiger charge is -1.98. The average Bonchev–Trinajstić information content (AvgIpc) is 2.46. The molecule has 5 nitrogen and oxygen atoms in total. The van der Waals surface area contributed by atoms with Crippen molar-refractivity contribution in [3.63, 3.8) is 0 Å². The highest BCUT2D eigenvalue weighted by Gasteiger charge is 2.09. The van der Waals surface area contributed by atoms with Crippen LogP contribution in [0.3, 0.4) is 0 Å². The lowest BCUT2D eigenvalue weighted by Crippen LogP contribution is -2.25. The molecule has 5 heteroatoms. The third-order valence-corrected chi connectivity index (χ3v) is 2.14. The van der Waals surface area contributed by atoms with Gasteiger partial charge in [0.2, 0.25) is 0 Å². The number of nitrogens with zero attached hydrogens (tertiary/aromatic N) is 2. The van der Waals surface area contributed by atoms with E-state index in [-0.39, 0.29) is 0 Å². The van der Waals surface area contributed by atoms with Gasteiger partial charge in [-0.15, -0.1) is 4.74 Å². The van der Waals surface area contributed by atoms with Gasteiger partial charge in [-0.2, -0.15) is 0 Å². The molecule has 1 aromatic carbocycles. The SMILES string of the molecule is Cc1cccc(-n2oc(=O)n(C)c2=O)c1. The summed E-state index contributed by atoms with van der Waals surface area (Å²) in [5.74, 6) is -0.665. The first kappa shape index (κ1) is 9.51. The van der Waals surface area contributed by atoms with Crippen molar-refractivity contribution in [3.05, 3.63) is 50.9 Å². The fraction of sp³-hybridized carbons (Fsp3) is 0.200. The second-order valence-electron chi connectivity index (χ2n) is 3.33. The highest BCUT2D eigenvalue weighted by Crippen LogP contribution is 2.06. The fourth-order valence-corrected chi connectivity index (χ4v) is 1.31. The second kappa shape index (κ2) is 3.27. The third-order valence-electron chi connectivity index (χ3n) is 2.14. The van der Waals surface area contributed by atoms with Crippen LogP contribution in [0.15, 0.2) is 38.4 Å². The third kappa shape index (κ3) is 1.52. The minimum Gasteiger partial charge on any atom is -0.312 e. The number of benzene rings is 1. The van der Waals surface area contributed by atoms with E-state index in [0.29, 0.717) is 5.69 Å². The van der Waals surface area contributed by atoms with Crippen LogP contribution in [-0.4, -0.2) is 9.31 Å². The molecule has 0 aliphatic rings. The summed E-state index contributed by atoms with van der Waals surface area (Å²) >= 11 is 0. The first-order valence-corrected chi connectivity index (χ1v) is 4.46. The van der Waals surface area contributed by atoms with Crippen molar-refractivity contribution in [2.75, 3.05) is 0 Å². The Hall–Kier alpha value is -2.04. The van der Waals surface area contributed by atoms with Gasteiger partial charge < -0.3 is 4.52 Å². The summed E-state index contributed by atoms with van der Waals surface area (Å²) in [5, 5.41) is 0. The summed E-state index contributed by atoms with van der Waals surface area (Å²) in [7, 11) is 1.38. The van der Waals surface area contributed by atoms with Crippen LogP contribution in [0.25, 0.3) is 5.69 Å². The van der Waals surface area contributed by atoms with Crippen LogP contribution in [0.1, 0.15) is 5.56 Å². The van der Waals surface area contributed by atoms with Crippen molar-refractivity contribution in [2.24, 2.45) is 7.05 Å². The van der Waals surface area contributed by atoms with Gasteiger partial charge >= 0.3 is 11.4 Å². The molecule has 2 aromatic rings. The monoisotopic (exact) mass is 206 g/mol. The molecule has 0 spiro atoms. The van der Waals surface area contributed by atoms with E-state index >= 15 is 0 Å². The molecule has 2 rings (SSSR count). The van der Waals surface area contributed by atoms with Gasteiger partial charge in [-0.3, -0.25) is 0 Å². The lowest BCUT2D eigenvalue weighted by atomic mass is 10.2. The molecule has 78 valence electrons. The Labute approximate surface area is 85.1 Å². The molecule has 0 atom stereocenters. The van der Waals surface area contributed by atoms with Gasteiger partial charge in [-0.1, -0.05) is 12.1 Å². The number of hydrogen-bond acceptors (Lipinski definition) is 3. The van der Waals surface area contributed by atoms with E-state index < -0.39 is 11.4 Å². The standard InChI is InChI=1S/C10H10N2O3/c1-7-4-3-5-8(6-7)12-9(13)11(2)10(14)15-12/h3-6H,1-2H3. The summed E-state index contributed by atoms with van der Waals surface area (Å²) in [4.78, 5) is 22.6. The first-order valence-electron chi connectivity index (χ1n) is 4.46. The van der Waals surface area contributed by atoms with Gasteiger partial charge in [0.15, 0.2) is 0 Å². The van der Waals surface area contributed by atoms with Gasteiger partial charge in [0.1, 0.15) is 0 Å². The van der Waals surface area contributed by atoms with E-state index in [1.807, 2.05) is 13.0 Å². The lowest BCUT2D eigenvalue weighted by molar-refractivity contribution is 0.312. The predicted octanol–water partition coefficient (Wildman–Crippen LogP) is 0.438. The largest absolute Gasteiger partial charge is 0.442 e. The molecular weight excluding hydrogens is 196 g/mol. The molecule has 0 saturated heterocycles. The Balaban J connectivity index is 2.70. The summed E-state index contributed by atoms with van der Waals surface area (Å²) < 4.78 is 6.70. The zero-order chi connectivity index (χ0) is 11.0. The fourth-order valence-electron chi connectivity index (χ4n) is 1.31. The van der Waals surface area contributed by atoms with E-state index in [1.54, 1.807) is 18.2 Å². The van der Waals surface area contributed by atoms with Crippen LogP contribution < -0.4 is 11.4 Å². The maximum Gasteiger partial charge on any atom is 0.442 e. The Morgan fingerprint density at radius 3 is 2.53 bits per heavy atom. The molecule has 0 bridgehead atoms. The molecule has 1 aromatic heterocycles. The van der Waals surface area contributed by atoms with Gasteiger partial charge in [0.25, 0.3) is 0 Å². The summed E-state index contributed by atoms with van der Waals surface area (Å²) in [6.45, 7) is 1.90. The van der Waals surface area contributed by atoms with Crippen molar-refractivity contribution in [1.82, 2.24) is 9.31 Å². The van der Waals surface area contributed by atoms with Crippen LogP contribution in [0.2, 0.25) is 0 Å². The van der Waals surface area contributed by atoms with E-state index in [0.717, 1.165) is 14.9 Å².